The molecule has 0 radical (unpaired) electrons. The first-order valence-electron chi connectivity index (χ1n) is 4.98. The lowest BCUT2D eigenvalue weighted by molar-refractivity contribution is 0.102. The summed E-state index contributed by atoms with van der Waals surface area (Å²) < 4.78 is 5.01. The number of aromatic nitrogens is 2. The molecule has 0 fully saturated rings. The lowest BCUT2D eigenvalue weighted by Gasteiger charge is -2.05. The summed E-state index contributed by atoms with van der Waals surface area (Å²) in [5.74, 6) is -0.190. The number of aryl methyl sites for hydroxylation is 2. The van der Waals surface area contributed by atoms with E-state index in [4.69, 9.17) is 4.42 Å². The van der Waals surface area contributed by atoms with Crippen LogP contribution in [0.2, 0.25) is 0 Å². The smallest absolute Gasteiger partial charge is 0.322 e. The van der Waals surface area contributed by atoms with Crippen molar-refractivity contribution in [3.8, 4) is 5.75 Å². The average molecular weight is 233 g/mol. The Bertz CT molecular complexity index is 563. The molecule has 6 heteroatoms. The molecule has 0 bridgehead atoms. The van der Waals surface area contributed by atoms with Gasteiger partial charge in [-0.3, -0.25) is 10.1 Å². The van der Waals surface area contributed by atoms with Crippen molar-refractivity contribution < 1.29 is 14.3 Å². The predicted octanol–water partition coefficient (Wildman–Crippen LogP) is 1.64. The van der Waals surface area contributed by atoms with Crippen LogP contribution < -0.4 is 5.32 Å². The number of phenols is 1. The Balaban J connectivity index is 2.23. The van der Waals surface area contributed by atoms with Gasteiger partial charge in [0.1, 0.15) is 5.75 Å². The van der Waals surface area contributed by atoms with Crippen LogP contribution in [0.3, 0.4) is 0 Å². The minimum Gasteiger partial charge on any atom is -0.507 e. The maximum absolute atomic E-state index is 11.8. The SMILES string of the molecule is Cc1nnc(NC(=O)c2cccc(C)c2O)o1. The Kier molecular flexibility index (Phi) is 2.78. The average Bonchev–Trinajstić information content (AvgIpc) is 2.68. The normalized spacial score (nSPS) is 10.2. The first kappa shape index (κ1) is 11.1. The second kappa shape index (κ2) is 4.25. The fraction of sp³-hybridized carbons (Fsp3) is 0.182. The van der Waals surface area contributed by atoms with Gasteiger partial charge in [0.2, 0.25) is 5.89 Å². The second-order valence-corrected chi connectivity index (χ2v) is 3.55. The fourth-order valence-corrected chi connectivity index (χ4v) is 1.35. The molecule has 0 aliphatic rings. The second-order valence-electron chi connectivity index (χ2n) is 3.55. The highest BCUT2D eigenvalue weighted by molar-refractivity contribution is 6.05. The molecule has 6 nitrogen and oxygen atoms in total. The van der Waals surface area contributed by atoms with E-state index < -0.39 is 5.91 Å². The molecule has 1 amide bonds. The molecule has 0 atom stereocenters. The summed E-state index contributed by atoms with van der Waals surface area (Å²) in [6.07, 6.45) is 0. The van der Waals surface area contributed by atoms with Crippen molar-refractivity contribution in [3.63, 3.8) is 0 Å². The standard InChI is InChI=1S/C11H11N3O3/c1-6-4-3-5-8(9(6)15)10(16)12-11-14-13-7(2)17-11/h3-5,15H,1-2H3,(H,12,14,16). The Morgan fingerprint density at radius 2 is 2.12 bits per heavy atom. The van der Waals surface area contributed by atoms with Gasteiger partial charge in [-0.1, -0.05) is 17.2 Å². The van der Waals surface area contributed by atoms with Crippen LogP contribution in [-0.4, -0.2) is 21.2 Å². The van der Waals surface area contributed by atoms with Gasteiger partial charge in [-0.25, -0.2) is 0 Å². The van der Waals surface area contributed by atoms with Crippen molar-refractivity contribution in [3.05, 3.63) is 35.2 Å². The van der Waals surface area contributed by atoms with Crippen molar-refractivity contribution in [1.82, 2.24) is 10.2 Å². The molecule has 17 heavy (non-hydrogen) atoms. The van der Waals surface area contributed by atoms with E-state index in [1.165, 1.54) is 6.07 Å². The Morgan fingerprint density at radius 3 is 2.76 bits per heavy atom. The number of aromatic hydroxyl groups is 1. The summed E-state index contributed by atoms with van der Waals surface area (Å²) in [6.45, 7) is 3.33. The van der Waals surface area contributed by atoms with Crippen LogP contribution in [0.4, 0.5) is 6.01 Å². The van der Waals surface area contributed by atoms with Gasteiger partial charge in [0, 0.05) is 6.92 Å². The number of nitrogens with zero attached hydrogens (tertiary/aromatic N) is 2. The van der Waals surface area contributed by atoms with Crippen molar-refractivity contribution in [2.75, 3.05) is 5.32 Å². The molecule has 1 aromatic heterocycles. The third-order valence-electron chi connectivity index (χ3n) is 2.23. The molecule has 0 saturated carbocycles. The molecule has 0 aliphatic carbocycles. The molecule has 2 rings (SSSR count). The fourth-order valence-electron chi connectivity index (χ4n) is 1.35. The maximum atomic E-state index is 11.8. The number of phenolic OH excluding ortho intramolecular Hbond substituents is 1. The molecule has 2 aromatic rings. The van der Waals surface area contributed by atoms with Crippen LogP contribution in [0.5, 0.6) is 5.75 Å². The number of amides is 1. The molecular weight excluding hydrogens is 222 g/mol. The maximum Gasteiger partial charge on any atom is 0.322 e. The monoisotopic (exact) mass is 233 g/mol. The zero-order valence-corrected chi connectivity index (χ0v) is 9.39. The Labute approximate surface area is 97.3 Å². The van der Waals surface area contributed by atoms with Gasteiger partial charge in [-0.15, -0.1) is 5.10 Å². The van der Waals surface area contributed by atoms with E-state index in [1.807, 2.05) is 0 Å². The van der Waals surface area contributed by atoms with Crippen LogP contribution in [0.15, 0.2) is 22.6 Å². The molecule has 0 unspecified atom stereocenters. The van der Waals surface area contributed by atoms with E-state index in [0.717, 1.165) is 0 Å². The van der Waals surface area contributed by atoms with Crippen LogP contribution in [0.1, 0.15) is 21.8 Å². The van der Waals surface area contributed by atoms with Crippen molar-refractivity contribution in [1.29, 1.82) is 0 Å². The third-order valence-corrected chi connectivity index (χ3v) is 2.23. The van der Waals surface area contributed by atoms with Crippen LogP contribution >= 0.6 is 0 Å². The number of carbonyl (C=O) groups is 1. The van der Waals surface area contributed by atoms with Gasteiger partial charge in [-0.2, -0.15) is 0 Å². The zero-order chi connectivity index (χ0) is 12.4. The molecule has 0 saturated heterocycles. The summed E-state index contributed by atoms with van der Waals surface area (Å²) >= 11 is 0. The number of anilines is 1. The minimum atomic E-state index is -0.491. The number of para-hydroxylation sites is 1. The number of carbonyl (C=O) groups excluding carboxylic acids is 1. The molecular formula is C11H11N3O3. The van der Waals surface area contributed by atoms with Gasteiger partial charge in [0.05, 0.1) is 5.56 Å². The number of hydrogen-bond acceptors (Lipinski definition) is 5. The van der Waals surface area contributed by atoms with Crippen molar-refractivity contribution in [2.45, 2.75) is 13.8 Å². The van der Waals surface area contributed by atoms with E-state index in [2.05, 4.69) is 15.5 Å². The lowest BCUT2D eigenvalue weighted by atomic mass is 10.1. The molecule has 1 heterocycles. The van der Waals surface area contributed by atoms with Crippen LogP contribution in [0, 0.1) is 13.8 Å². The van der Waals surface area contributed by atoms with Gasteiger partial charge >= 0.3 is 6.01 Å². The topological polar surface area (TPSA) is 88.2 Å². The van der Waals surface area contributed by atoms with Crippen LogP contribution in [-0.2, 0) is 0 Å². The van der Waals surface area contributed by atoms with Gasteiger partial charge in [0.25, 0.3) is 5.91 Å². The highest BCUT2D eigenvalue weighted by Crippen LogP contribution is 2.22. The number of rotatable bonds is 2. The molecule has 88 valence electrons. The van der Waals surface area contributed by atoms with E-state index in [1.54, 1.807) is 26.0 Å². The Hall–Kier alpha value is -2.37. The molecule has 0 aliphatic heterocycles. The highest BCUT2D eigenvalue weighted by Gasteiger charge is 2.14. The summed E-state index contributed by atoms with van der Waals surface area (Å²) in [4.78, 5) is 11.8. The van der Waals surface area contributed by atoms with Crippen molar-refractivity contribution in [2.24, 2.45) is 0 Å². The quantitative estimate of drug-likeness (QED) is 0.823. The third kappa shape index (κ3) is 2.25. The van der Waals surface area contributed by atoms with Crippen LogP contribution in [0.25, 0.3) is 0 Å². The minimum absolute atomic E-state index is 0.00778. The van der Waals surface area contributed by atoms with E-state index in [9.17, 15) is 9.90 Å². The number of hydrogen-bond donors (Lipinski definition) is 2. The van der Waals surface area contributed by atoms with E-state index in [0.29, 0.717) is 11.5 Å². The highest BCUT2D eigenvalue weighted by atomic mass is 16.4. The van der Waals surface area contributed by atoms with Gasteiger partial charge in [-0.05, 0) is 18.6 Å². The van der Waals surface area contributed by atoms with E-state index in [-0.39, 0.29) is 17.3 Å². The van der Waals surface area contributed by atoms with Gasteiger partial charge < -0.3 is 9.52 Å². The Morgan fingerprint density at radius 1 is 1.35 bits per heavy atom. The summed E-state index contributed by atoms with van der Waals surface area (Å²) in [5, 5.41) is 19.3. The lowest BCUT2D eigenvalue weighted by Crippen LogP contribution is -2.12. The summed E-state index contributed by atoms with van der Waals surface area (Å²) in [7, 11) is 0. The summed E-state index contributed by atoms with van der Waals surface area (Å²) in [6, 6.07) is 4.92. The largest absolute Gasteiger partial charge is 0.507 e. The van der Waals surface area contributed by atoms with E-state index >= 15 is 0 Å². The number of nitrogens with one attached hydrogen (secondary N) is 1. The zero-order valence-electron chi connectivity index (χ0n) is 9.39. The first-order valence-corrected chi connectivity index (χ1v) is 4.98. The molecule has 1 aromatic carbocycles. The number of benzene rings is 1. The molecule has 0 spiro atoms. The molecule has 2 N–H and O–H groups in total. The first-order chi connectivity index (χ1) is 8.08. The van der Waals surface area contributed by atoms with Crippen molar-refractivity contribution >= 4 is 11.9 Å². The summed E-state index contributed by atoms with van der Waals surface area (Å²) in [5.41, 5.74) is 0.792. The van der Waals surface area contributed by atoms with Gasteiger partial charge in [0.15, 0.2) is 0 Å². The predicted molar refractivity (Wildman–Crippen MR) is 59.8 cm³/mol.